The van der Waals surface area contributed by atoms with Crippen molar-refractivity contribution in [3.8, 4) is 11.3 Å². The fraction of sp³-hybridized carbons (Fsp3) is 0.154. The predicted octanol–water partition coefficient (Wildman–Crippen LogP) is 2.28. The molecule has 0 aliphatic heterocycles. The molecule has 0 saturated heterocycles. The molecule has 15 heavy (non-hydrogen) atoms. The first-order valence-corrected chi connectivity index (χ1v) is 5.01. The van der Waals surface area contributed by atoms with Gasteiger partial charge in [-0.15, -0.1) is 0 Å². The Kier molecular flexibility index (Phi) is 3.10. The monoisotopic (exact) mass is 199 g/mol. The third kappa shape index (κ3) is 2.42. The van der Waals surface area contributed by atoms with E-state index in [2.05, 4.69) is 11.1 Å². The van der Waals surface area contributed by atoms with Crippen LogP contribution in [0.15, 0.2) is 48.7 Å². The van der Waals surface area contributed by atoms with Crippen LogP contribution in [0.4, 0.5) is 0 Å². The van der Waals surface area contributed by atoms with Crippen molar-refractivity contribution in [1.29, 1.82) is 0 Å². The van der Waals surface area contributed by atoms with Crippen LogP contribution in [0.5, 0.6) is 0 Å². The maximum atomic E-state index is 8.87. The van der Waals surface area contributed by atoms with E-state index in [-0.39, 0.29) is 6.61 Å². The van der Waals surface area contributed by atoms with E-state index in [9.17, 15) is 0 Å². The quantitative estimate of drug-likeness (QED) is 0.822. The molecule has 2 rings (SSSR count). The average molecular weight is 199 g/mol. The lowest BCUT2D eigenvalue weighted by Gasteiger charge is -2.03. The second-order valence-corrected chi connectivity index (χ2v) is 3.39. The zero-order valence-electron chi connectivity index (χ0n) is 8.43. The molecule has 2 nitrogen and oxygen atoms in total. The van der Waals surface area contributed by atoms with Gasteiger partial charge in [-0.05, 0) is 30.2 Å². The Labute approximate surface area is 89.2 Å². The number of hydrogen-bond donors (Lipinski definition) is 1. The molecule has 1 aromatic heterocycles. The van der Waals surface area contributed by atoms with Gasteiger partial charge in [0, 0.05) is 18.4 Å². The summed E-state index contributed by atoms with van der Waals surface area (Å²) in [6.07, 6.45) is 2.48. The van der Waals surface area contributed by atoms with Crippen molar-refractivity contribution in [3.05, 3.63) is 54.2 Å². The molecule has 0 aliphatic carbocycles. The highest BCUT2D eigenvalue weighted by molar-refractivity contribution is 5.59. The first-order valence-electron chi connectivity index (χ1n) is 5.01. The van der Waals surface area contributed by atoms with Gasteiger partial charge in [0.1, 0.15) is 0 Å². The van der Waals surface area contributed by atoms with Gasteiger partial charge in [0.25, 0.3) is 0 Å². The van der Waals surface area contributed by atoms with Crippen molar-refractivity contribution < 1.29 is 5.11 Å². The lowest BCUT2D eigenvalue weighted by Crippen LogP contribution is -1.91. The predicted molar refractivity (Wildman–Crippen MR) is 60.5 cm³/mol. The molecule has 0 bridgehead atoms. The zero-order valence-corrected chi connectivity index (χ0v) is 8.43. The van der Waals surface area contributed by atoms with Gasteiger partial charge in [0.15, 0.2) is 0 Å². The summed E-state index contributed by atoms with van der Waals surface area (Å²) < 4.78 is 0. The molecule has 0 spiro atoms. The van der Waals surface area contributed by atoms with Crippen LogP contribution in [0.2, 0.25) is 0 Å². The second-order valence-electron chi connectivity index (χ2n) is 3.39. The van der Waals surface area contributed by atoms with Crippen molar-refractivity contribution in [1.82, 2.24) is 4.98 Å². The van der Waals surface area contributed by atoms with Crippen LogP contribution < -0.4 is 0 Å². The van der Waals surface area contributed by atoms with E-state index in [4.69, 9.17) is 5.11 Å². The fourth-order valence-electron chi connectivity index (χ4n) is 1.55. The summed E-state index contributed by atoms with van der Waals surface area (Å²) in [5.74, 6) is 0. The molecule has 2 heteroatoms. The normalized spacial score (nSPS) is 10.2. The SMILES string of the molecule is OCCc1cccc(-c2ccccn2)c1. The van der Waals surface area contributed by atoms with Crippen molar-refractivity contribution >= 4 is 0 Å². The number of nitrogens with zero attached hydrogens (tertiary/aromatic N) is 1. The van der Waals surface area contributed by atoms with Gasteiger partial charge in [-0.25, -0.2) is 0 Å². The Bertz CT molecular complexity index is 426. The number of rotatable bonds is 3. The van der Waals surface area contributed by atoms with Crippen molar-refractivity contribution in [2.45, 2.75) is 6.42 Å². The summed E-state index contributed by atoms with van der Waals surface area (Å²) in [4.78, 5) is 4.29. The van der Waals surface area contributed by atoms with Crippen LogP contribution in [0.25, 0.3) is 11.3 Å². The average Bonchev–Trinajstić information content (AvgIpc) is 2.31. The van der Waals surface area contributed by atoms with Crippen LogP contribution in [-0.2, 0) is 6.42 Å². The van der Waals surface area contributed by atoms with Crippen LogP contribution in [0.1, 0.15) is 5.56 Å². The maximum absolute atomic E-state index is 8.87. The summed E-state index contributed by atoms with van der Waals surface area (Å²) in [6, 6.07) is 14.0. The van der Waals surface area contributed by atoms with Gasteiger partial charge in [-0.1, -0.05) is 24.3 Å². The molecule has 2 aromatic rings. The van der Waals surface area contributed by atoms with Crippen LogP contribution >= 0.6 is 0 Å². The molecule has 0 fully saturated rings. The highest BCUT2D eigenvalue weighted by Gasteiger charge is 1.99. The largest absolute Gasteiger partial charge is 0.396 e. The standard InChI is InChI=1S/C13H13NO/c15-9-7-11-4-3-5-12(10-11)13-6-1-2-8-14-13/h1-6,8,10,15H,7,9H2. The van der Waals surface area contributed by atoms with Crippen LogP contribution in [0.3, 0.4) is 0 Å². The Morgan fingerprint density at radius 2 is 2.00 bits per heavy atom. The molecule has 0 amide bonds. The minimum atomic E-state index is 0.186. The molecular weight excluding hydrogens is 186 g/mol. The molecule has 1 heterocycles. The first-order chi connectivity index (χ1) is 7.40. The van der Waals surface area contributed by atoms with E-state index in [1.54, 1.807) is 6.20 Å². The molecule has 0 unspecified atom stereocenters. The van der Waals surface area contributed by atoms with Gasteiger partial charge in [-0.3, -0.25) is 4.98 Å². The summed E-state index contributed by atoms with van der Waals surface area (Å²) in [5, 5.41) is 8.87. The number of aliphatic hydroxyl groups is 1. The third-order valence-corrected chi connectivity index (χ3v) is 2.29. The van der Waals surface area contributed by atoms with E-state index in [1.807, 2.05) is 36.4 Å². The maximum Gasteiger partial charge on any atom is 0.0702 e. The van der Waals surface area contributed by atoms with Crippen molar-refractivity contribution in [3.63, 3.8) is 0 Å². The highest BCUT2D eigenvalue weighted by atomic mass is 16.2. The van der Waals surface area contributed by atoms with E-state index in [1.165, 1.54) is 0 Å². The number of benzene rings is 1. The second kappa shape index (κ2) is 4.71. The lowest BCUT2D eigenvalue weighted by atomic mass is 10.1. The number of pyridine rings is 1. The summed E-state index contributed by atoms with van der Waals surface area (Å²) in [7, 11) is 0. The summed E-state index contributed by atoms with van der Waals surface area (Å²) in [5.41, 5.74) is 3.21. The van der Waals surface area contributed by atoms with Gasteiger partial charge in [0.05, 0.1) is 5.69 Å². The Balaban J connectivity index is 2.33. The molecule has 0 saturated carbocycles. The Hall–Kier alpha value is -1.67. The first kappa shape index (κ1) is 9.87. The minimum Gasteiger partial charge on any atom is -0.396 e. The summed E-state index contributed by atoms with van der Waals surface area (Å²) >= 11 is 0. The number of aliphatic hydroxyl groups excluding tert-OH is 1. The number of aromatic nitrogens is 1. The fourth-order valence-corrected chi connectivity index (χ4v) is 1.55. The lowest BCUT2D eigenvalue weighted by molar-refractivity contribution is 0.299. The molecule has 0 atom stereocenters. The minimum absolute atomic E-state index is 0.186. The Morgan fingerprint density at radius 3 is 2.73 bits per heavy atom. The van der Waals surface area contributed by atoms with Gasteiger partial charge in [0.2, 0.25) is 0 Å². The molecule has 76 valence electrons. The van der Waals surface area contributed by atoms with Gasteiger partial charge >= 0.3 is 0 Å². The Morgan fingerprint density at radius 1 is 1.07 bits per heavy atom. The van der Waals surface area contributed by atoms with E-state index >= 15 is 0 Å². The van der Waals surface area contributed by atoms with Crippen LogP contribution in [0, 0.1) is 0 Å². The molecular formula is C13H13NO. The molecule has 0 radical (unpaired) electrons. The zero-order chi connectivity index (χ0) is 10.5. The highest BCUT2D eigenvalue weighted by Crippen LogP contribution is 2.17. The van der Waals surface area contributed by atoms with E-state index in [0.717, 1.165) is 16.8 Å². The third-order valence-electron chi connectivity index (χ3n) is 2.29. The van der Waals surface area contributed by atoms with Crippen LogP contribution in [-0.4, -0.2) is 16.7 Å². The molecule has 0 aliphatic rings. The van der Waals surface area contributed by atoms with Crippen molar-refractivity contribution in [2.75, 3.05) is 6.61 Å². The summed E-state index contributed by atoms with van der Waals surface area (Å²) in [6.45, 7) is 0.186. The molecule has 1 aromatic carbocycles. The van der Waals surface area contributed by atoms with Gasteiger partial charge < -0.3 is 5.11 Å². The molecule has 1 N–H and O–H groups in total. The van der Waals surface area contributed by atoms with E-state index < -0.39 is 0 Å². The smallest absolute Gasteiger partial charge is 0.0702 e. The van der Waals surface area contributed by atoms with Crippen molar-refractivity contribution in [2.24, 2.45) is 0 Å². The number of hydrogen-bond acceptors (Lipinski definition) is 2. The van der Waals surface area contributed by atoms with Gasteiger partial charge in [-0.2, -0.15) is 0 Å². The topological polar surface area (TPSA) is 33.1 Å². The van der Waals surface area contributed by atoms with E-state index in [0.29, 0.717) is 6.42 Å².